The predicted octanol–water partition coefficient (Wildman–Crippen LogP) is 13.2. The van der Waals surface area contributed by atoms with Crippen molar-refractivity contribution in [1.29, 1.82) is 0 Å². The number of fused-ring (bicyclic) bond motifs is 1. The van der Waals surface area contributed by atoms with E-state index in [9.17, 15) is 17.6 Å². The van der Waals surface area contributed by atoms with Crippen molar-refractivity contribution in [3.63, 3.8) is 0 Å². The van der Waals surface area contributed by atoms with Crippen LogP contribution in [0.15, 0.2) is 91.1 Å². The number of pyridine rings is 3. The minimum Gasteiger partial charge on any atom is -0.502 e. The number of rotatable bonds is 10. The normalized spacial score (nSPS) is 15.5. The fraction of sp³-hybridized carbons (Fsp3) is 0.333. The molecule has 9 rings (SSSR count). The van der Waals surface area contributed by atoms with Crippen LogP contribution >= 0.6 is 0 Å². The summed E-state index contributed by atoms with van der Waals surface area (Å²) < 4.78 is 56.7. The van der Waals surface area contributed by atoms with Gasteiger partial charge in [0.2, 0.25) is 0 Å². The minimum absolute atomic E-state index is 0. The number of para-hydroxylation sites is 1. The van der Waals surface area contributed by atoms with Gasteiger partial charge in [-0.25, -0.2) is 4.98 Å². The molecule has 0 amide bonds. The van der Waals surface area contributed by atoms with Gasteiger partial charge in [0, 0.05) is 66.6 Å². The number of nitrogens with zero attached hydrogens (tertiary/aromatic N) is 5. The third-order valence-electron chi connectivity index (χ3n) is 11.9. The van der Waals surface area contributed by atoms with Crippen molar-refractivity contribution in [2.24, 2.45) is 0 Å². The summed E-state index contributed by atoms with van der Waals surface area (Å²) in [5.41, 5.74) is 7.66. The Balaban J connectivity index is 0.000000275. The van der Waals surface area contributed by atoms with E-state index in [-0.39, 0.29) is 31.2 Å². The van der Waals surface area contributed by atoms with Crippen LogP contribution in [-0.4, -0.2) is 22.0 Å². The smallest absolute Gasteiger partial charge is 0.124 e. The molecule has 61 heavy (non-hydrogen) atoms. The second-order valence-corrected chi connectivity index (χ2v) is 16.2. The van der Waals surface area contributed by atoms with Crippen LogP contribution in [0.3, 0.4) is 0 Å². The molecule has 0 atom stereocenters. The Morgan fingerprint density at radius 2 is 1.20 bits per heavy atom. The molecule has 0 N–H and O–H groups in total. The molecule has 0 bridgehead atoms. The van der Waals surface area contributed by atoms with E-state index in [2.05, 4.69) is 46.3 Å². The first kappa shape index (κ1) is 44.1. The summed E-state index contributed by atoms with van der Waals surface area (Å²) in [5, 5.41) is 0. The fourth-order valence-corrected chi connectivity index (χ4v) is 8.82. The molecule has 10 heteroatoms. The van der Waals surface area contributed by atoms with Gasteiger partial charge in [0.1, 0.15) is 5.82 Å². The van der Waals surface area contributed by atoms with E-state index < -0.39 is 23.3 Å². The summed E-state index contributed by atoms with van der Waals surface area (Å²) in [5.74, 6) is -0.827. The molecular formula is C51H49F4IrN5-4. The van der Waals surface area contributed by atoms with Crippen LogP contribution < -0.4 is 9.80 Å². The third kappa shape index (κ3) is 10.9. The summed E-state index contributed by atoms with van der Waals surface area (Å²) in [6.07, 6.45) is 16.6. The van der Waals surface area contributed by atoms with Crippen molar-refractivity contribution in [3.05, 3.63) is 162 Å². The zero-order chi connectivity index (χ0) is 41.4. The van der Waals surface area contributed by atoms with Gasteiger partial charge >= 0.3 is 0 Å². The van der Waals surface area contributed by atoms with Crippen LogP contribution in [0, 0.1) is 48.1 Å². The standard InChI is InChI=1S/C38H38F4N2.C13H11N3.Ir/c39-29-15-17-33(35(41)23-29)37-21-27(25-9-3-1-4-10-25)19-31(43-37)13-7-8-14-32-20-28(26-11-5-2-6-12-26)22-38(44-32)34-18-16-30(40)24-36(34)42;1-15-10-16(11-6-3-2-4-7-11)13-12(15)8-5-9-14-13;/h15-16,19-26H,1-14H2;2-6,8-10H,1H3;/q2*-2;. The number of aryl methyl sites for hydroxylation is 2. The van der Waals surface area contributed by atoms with E-state index in [0.29, 0.717) is 36.1 Å². The molecule has 1 aliphatic heterocycles. The van der Waals surface area contributed by atoms with Crippen LogP contribution in [0.2, 0.25) is 0 Å². The number of hydrogen-bond donors (Lipinski definition) is 0. The molecule has 1 radical (unpaired) electrons. The summed E-state index contributed by atoms with van der Waals surface area (Å²) in [6, 6.07) is 32.9. The number of anilines is 3. The Morgan fingerprint density at radius 1 is 0.656 bits per heavy atom. The van der Waals surface area contributed by atoms with Crippen LogP contribution in [0.25, 0.3) is 22.5 Å². The zero-order valence-electron chi connectivity index (χ0n) is 34.4. The molecule has 0 spiro atoms. The molecule has 3 aromatic heterocycles. The average molecular weight is 1000 g/mol. The predicted molar refractivity (Wildman–Crippen MR) is 230 cm³/mol. The molecule has 2 fully saturated rings. The summed E-state index contributed by atoms with van der Waals surface area (Å²) >= 11 is 0. The quantitative estimate of drug-likeness (QED) is 0.0777. The first-order valence-electron chi connectivity index (χ1n) is 21.3. The largest absolute Gasteiger partial charge is 0.502 e. The Bertz CT molecular complexity index is 2260. The van der Waals surface area contributed by atoms with Crippen molar-refractivity contribution >= 4 is 17.2 Å². The number of unbranched alkanes of at least 4 members (excludes halogenated alkanes) is 1. The molecule has 6 aromatic rings. The summed E-state index contributed by atoms with van der Waals surface area (Å²) in [7, 11) is 2.02. The van der Waals surface area contributed by atoms with Gasteiger partial charge in [0.15, 0.2) is 0 Å². The molecule has 3 aliphatic rings. The molecule has 2 aliphatic carbocycles. The van der Waals surface area contributed by atoms with Gasteiger partial charge < -0.3 is 19.8 Å². The van der Waals surface area contributed by atoms with Crippen LogP contribution in [0.4, 0.5) is 34.8 Å². The van der Waals surface area contributed by atoms with Crippen molar-refractivity contribution in [2.45, 2.75) is 102 Å². The van der Waals surface area contributed by atoms with E-state index in [1.54, 1.807) is 0 Å². The maximum atomic E-state index is 14.7. The van der Waals surface area contributed by atoms with Crippen LogP contribution in [0.1, 0.15) is 111 Å². The average Bonchev–Trinajstić information content (AvgIpc) is 3.62. The van der Waals surface area contributed by atoms with Gasteiger partial charge in [-0.15, -0.1) is 30.0 Å². The zero-order valence-corrected chi connectivity index (χ0v) is 36.8. The Labute approximate surface area is 371 Å². The number of aromatic nitrogens is 3. The molecule has 3 aromatic carbocycles. The van der Waals surface area contributed by atoms with E-state index in [0.717, 1.165) is 91.4 Å². The van der Waals surface area contributed by atoms with Crippen molar-refractivity contribution < 1.29 is 37.7 Å². The summed E-state index contributed by atoms with van der Waals surface area (Å²) in [4.78, 5) is 18.1. The fourth-order valence-electron chi connectivity index (χ4n) is 8.82. The van der Waals surface area contributed by atoms with Gasteiger partial charge in [-0.3, -0.25) is 17.6 Å². The number of hydrogen-bond acceptors (Lipinski definition) is 5. The Kier molecular flexibility index (Phi) is 15.0. The first-order chi connectivity index (χ1) is 29.3. The first-order valence-corrected chi connectivity index (χ1v) is 21.3. The topological polar surface area (TPSA) is 45.2 Å². The van der Waals surface area contributed by atoms with Gasteiger partial charge in [-0.2, -0.15) is 37.0 Å². The van der Waals surface area contributed by atoms with Crippen LogP contribution in [0.5, 0.6) is 0 Å². The second-order valence-electron chi connectivity index (χ2n) is 16.2. The van der Waals surface area contributed by atoms with E-state index in [1.807, 2.05) is 67.3 Å². The number of benzene rings is 3. The molecule has 2 saturated carbocycles. The van der Waals surface area contributed by atoms with E-state index in [1.165, 1.54) is 49.7 Å². The SMILES string of the molecule is CN1[CH-]N(c2[c-]cccc2)c2ncccc21.Fc1c[c-]c(-c2cc(C3CCCCC3)cc(CCCCc3cc(C4CCCCC4)cc(-c4[c-]cc(F)cc4F)n3)n2)c(F)c1.[Ir]. The molecule has 5 nitrogen and oxygen atoms in total. The molecule has 4 heterocycles. The molecule has 0 saturated heterocycles. The van der Waals surface area contributed by atoms with Crippen molar-refractivity contribution in [1.82, 2.24) is 15.0 Å². The maximum absolute atomic E-state index is 14.7. The van der Waals surface area contributed by atoms with Crippen LogP contribution in [-0.2, 0) is 32.9 Å². The molecule has 0 unspecified atom stereocenters. The third-order valence-corrected chi connectivity index (χ3v) is 11.9. The Hall–Kier alpha value is -4.92. The second kappa shape index (κ2) is 20.8. The van der Waals surface area contributed by atoms with Gasteiger partial charge in [0.05, 0.1) is 0 Å². The maximum Gasteiger partial charge on any atom is 0.124 e. The van der Waals surface area contributed by atoms with Gasteiger partial charge in [-0.1, -0.05) is 85.0 Å². The monoisotopic (exact) mass is 1000 g/mol. The van der Waals surface area contributed by atoms with Crippen molar-refractivity contribution in [3.8, 4) is 22.5 Å². The van der Waals surface area contributed by atoms with Gasteiger partial charge in [-0.05, 0) is 106 Å². The number of halogens is 4. The Morgan fingerprint density at radius 3 is 1.69 bits per heavy atom. The minimum atomic E-state index is -0.654. The van der Waals surface area contributed by atoms with E-state index >= 15 is 0 Å². The molecular weight excluding hydrogens is 951 g/mol. The van der Waals surface area contributed by atoms with Crippen molar-refractivity contribution in [2.75, 3.05) is 16.8 Å². The van der Waals surface area contributed by atoms with E-state index in [4.69, 9.17) is 9.97 Å². The summed E-state index contributed by atoms with van der Waals surface area (Å²) in [6.45, 7) is 2.02. The van der Waals surface area contributed by atoms with Gasteiger partial charge in [0.25, 0.3) is 0 Å². The molecule has 319 valence electrons.